The number of hydrogen-bond donors (Lipinski definition) is 1. The van der Waals surface area contributed by atoms with E-state index in [4.69, 9.17) is 23.8 Å². The standard InChI is InChI=1S/C21H17ClN2O2S2/c1-14(19(25)23-17-12-10-16(22)11-13-17)24-20(26)18(28-21(24)27)9-5-8-15-6-3-2-4-7-15/h2-14H,1H3,(H,23,25)/b8-5+,18-9-. The second kappa shape index (κ2) is 9.19. The third kappa shape index (κ3) is 4.90. The predicted octanol–water partition coefficient (Wildman–Crippen LogP) is 5.12. The molecule has 28 heavy (non-hydrogen) atoms. The summed E-state index contributed by atoms with van der Waals surface area (Å²) >= 11 is 12.4. The third-order valence-corrected chi connectivity index (χ3v) is 5.64. The van der Waals surface area contributed by atoms with Crippen molar-refractivity contribution >= 4 is 63.5 Å². The molecule has 1 heterocycles. The molecule has 3 rings (SSSR count). The van der Waals surface area contributed by atoms with Crippen molar-refractivity contribution < 1.29 is 9.59 Å². The largest absolute Gasteiger partial charge is 0.324 e. The number of thioether (sulfide) groups is 1. The molecule has 7 heteroatoms. The van der Waals surface area contributed by atoms with Gasteiger partial charge in [-0.2, -0.15) is 0 Å². The molecule has 1 saturated heterocycles. The number of carbonyl (C=O) groups excluding carboxylic acids is 2. The van der Waals surface area contributed by atoms with Crippen LogP contribution in [0.3, 0.4) is 0 Å². The zero-order valence-electron chi connectivity index (χ0n) is 15.0. The van der Waals surface area contributed by atoms with Crippen LogP contribution in [0.2, 0.25) is 5.02 Å². The molecule has 4 nitrogen and oxygen atoms in total. The number of benzene rings is 2. The zero-order valence-corrected chi connectivity index (χ0v) is 17.4. The summed E-state index contributed by atoms with van der Waals surface area (Å²) < 4.78 is 0.364. The molecule has 2 aromatic rings. The van der Waals surface area contributed by atoms with Crippen LogP contribution in [0.4, 0.5) is 5.69 Å². The van der Waals surface area contributed by atoms with E-state index in [1.54, 1.807) is 43.3 Å². The lowest BCUT2D eigenvalue weighted by Gasteiger charge is -2.22. The number of halogens is 1. The number of nitrogens with one attached hydrogen (secondary N) is 1. The van der Waals surface area contributed by atoms with Gasteiger partial charge in [-0.15, -0.1) is 0 Å². The molecule has 0 saturated carbocycles. The molecule has 0 aliphatic carbocycles. The van der Waals surface area contributed by atoms with Crippen molar-refractivity contribution in [2.24, 2.45) is 0 Å². The molecule has 1 aliphatic heterocycles. The average Bonchev–Trinajstić information content (AvgIpc) is 2.97. The first kappa shape index (κ1) is 20.3. The molecule has 2 aromatic carbocycles. The van der Waals surface area contributed by atoms with Gasteiger partial charge >= 0.3 is 0 Å². The minimum absolute atomic E-state index is 0.272. The Labute approximate surface area is 178 Å². The minimum atomic E-state index is -0.729. The summed E-state index contributed by atoms with van der Waals surface area (Å²) in [6.07, 6.45) is 5.43. The lowest BCUT2D eigenvalue weighted by atomic mass is 10.2. The fourth-order valence-electron chi connectivity index (χ4n) is 2.54. The smallest absolute Gasteiger partial charge is 0.266 e. The first-order valence-corrected chi connectivity index (χ1v) is 10.1. The topological polar surface area (TPSA) is 49.4 Å². The van der Waals surface area contributed by atoms with Gasteiger partial charge in [0.1, 0.15) is 10.4 Å². The lowest BCUT2D eigenvalue weighted by Crippen LogP contribution is -2.44. The summed E-state index contributed by atoms with van der Waals surface area (Å²) in [4.78, 5) is 27.1. The monoisotopic (exact) mass is 428 g/mol. The van der Waals surface area contributed by atoms with E-state index in [0.717, 1.165) is 5.56 Å². The van der Waals surface area contributed by atoms with Crippen LogP contribution in [-0.2, 0) is 9.59 Å². The first-order valence-electron chi connectivity index (χ1n) is 8.51. The van der Waals surface area contributed by atoms with Crippen LogP contribution in [0.5, 0.6) is 0 Å². The molecule has 142 valence electrons. The predicted molar refractivity (Wildman–Crippen MR) is 120 cm³/mol. The van der Waals surface area contributed by atoms with E-state index < -0.39 is 6.04 Å². The van der Waals surface area contributed by atoms with Crippen molar-refractivity contribution in [2.45, 2.75) is 13.0 Å². The van der Waals surface area contributed by atoms with Gasteiger partial charge in [-0.3, -0.25) is 14.5 Å². The van der Waals surface area contributed by atoms with E-state index in [2.05, 4.69) is 5.32 Å². The zero-order chi connectivity index (χ0) is 20.1. The molecule has 1 N–H and O–H groups in total. The van der Waals surface area contributed by atoms with E-state index in [0.29, 0.717) is 19.9 Å². The Morgan fingerprint density at radius 3 is 2.54 bits per heavy atom. The summed E-state index contributed by atoms with van der Waals surface area (Å²) in [5.41, 5.74) is 1.64. The Morgan fingerprint density at radius 1 is 1.18 bits per heavy atom. The molecule has 0 bridgehead atoms. The second-order valence-electron chi connectivity index (χ2n) is 6.02. The van der Waals surface area contributed by atoms with Crippen LogP contribution in [0.1, 0.15) is 12.5 Å². The molecule has 2 amide bonds. The van der Waals surface area contributed by atoms with Gasteiger partial charge in [-0.25, -0.2) is 0 Å². The fourth-order valence-corrected chi connectivity index (χ4v) is 4.03. The van der Waals surface area contributed by atoms with Crippen LogP contribution >= 0.6 is 35.6 Å². The quantitative estimate of drug-likeness (QED) is 0.530. The Balaban J connectivity index is 1.68. The van der Waals surface area contributed by atoms with Crippen molar-refractivity contribution in [3.05, 3.63) is 82.2 Å². The van der Waals surface area contributed by atoms with Gasteiger partial charge in [0, 0.05) is 10.7 Å². The van der Waals surface area contributed by atoms with Crippen LogP contribution in [0.25, 0.3) is 6.08 Å². The molecule has 1 atom stereocenters. The van der Waals surface area contributed by atoms with Gasteiger partial charge < -0.3 is 5.32 Å². The molecule has 0 spiro atoms. The molecule has 1 unspecified atom stereocenters. The van der Waals surface area contributed by atoms with Gasteiger partial charge in [0.05, 0.1) is 4.91 Å². The van der Waals surface area contributed by atoms with Gasteiger partial charge in [0.15, 0.2) is 0 Å². The maximum absolute atomic E-state index is 12.7. The van der Waals surface area contributed by atoms with Gasteiger partial charge in [0.2, 0.25) is 5.91 Å². The number of carbonyl (C=O) groups is 2. The number of anilines is 1. The molecule has 0 radical (unpaired) electrons. The van der Waals surface area contributed by atoms with Crippen LogP contribution in [-0.4, -0.2) is 27.1 Å². The number of amides is 2. The maximum Gasteiger partial charge on any atom is 0.266 e. The molecule has 0 aromatic heterocycles. The highest BCUT2D eigenvalue weighted by atomic mass is 35.5. The number of nitrogens with zero attached hydrogens (tertiary/aromatic N) is 1. The van der Waals surface area contributed by atoms with Crippen LogP contribution in [0, 0.1) is 0 Å². The average molecular weight is 429 g/mol. The van der Waals surface area contributed by atoms with Crippen molar-refractivity contribution in [1.82, 2.24) is 4.90 Å². The van der Waals surface area contributed by atoms with E-state index in [1.807, 2.05) is 36.4 Å². The van der Waals surface area contributed by atoms with E-state index in [-0.39, 0.29) is 11.8 Å². The first-order chi connectivity index (χ1) is 13.5. The van der Waals surface area contributed by atoms with E-state index >= 15 is 0 Å². The second-order valence-corrected chi connectivity index (χ2v) is 8.13. The molecular weight excluding hydrogens is 412 g/mol. The summed E-state index contributed by atoms with van der Waals surface area (Å²) in [5, 5.41) is 3.35. The Hall–Kier alpha value is -2.41. The Kier molecular flexibility index (Phi) is 6.67. The Morgan fingerprint density at radius 2 is 1.86 bits per heavy atom. The lowest BCUT2D eigenvalue weighted by molar-refractivity contribution is -0.129. The SMILES string of the molecule is CC(C(=O)Nc1ccc(Cl)cc1)N1C(=O)/C(=C/C=C/c2ccccc2)SC1=S. The van der Waals surface area contributed by atoms with Crippen LogP contribution < -0.4 is 5.32 Å². The van der Waals surface area contributed by atoms with Crippen molar-refractivity contribution in [3.8, 4) is 0 Å². The summed E-state index contributed by atoms with van der Waals surface area (Å²) in [6.45, 7) is 1.65. The summed E-state index contributed by atoms with van der Waals surface area (Å²) in [7, 11) is 0. The molecular formula is C21H17ClN2O2S2. The molecule has 1 aliphatic rings. The third-order valence-electron chi connectivity index (χ3n) is 4.04. The fraction of sp³-hybridized carbons (Fsp3) is 0.0952. The maximum atomic E-state index is 12.7. The summed E-state index contributed by atoms with van der Waals surface area (Å²) in [5.74, 6) is -0.592. The minimum Gasteiger partial charge on any atom is -0.324 e. The van der Waals surface area contributed by atoms with E-state index in [1.165, 1.54) is 16.7 Å². The highest BCUT2D eigenvalue weighted by Crippen LogP contribution is 2.32. The number of rotatable bonds is 5. The van der Waals surface area contributed by atoms with E-state index in [9.17, 15) is 9.59 Å². The Bertz CT molecular complexity index is 956. The van der Waals surface area contributed by atoms with Gasteiger partial charge in [-0.05, 0) is 42.8 Å². The highest BCUT2D eigenvalue weighted by Gasteiger charge is 2.37. The summed E-state index contributed by atoms with van der Waals surface area (Å²) in [6, 6.07) is 15.8. The van der Waals surface area contributed by atoms with Crippen molar-refractivity contribution in [2.75, 3.05) is 5.32 Å². The number of thiocarbonyl (C=S) groups is 1. The van der Waals surface area contributed by atoms with Gasteiger partial charge in [0.25, 0.3) is 5.91 Å². The van der Waals surface area contributed by atoms with Gasteiger partial charge in [-0.1, -0.05) is 78.1 Å². The van der Waals surface area contributed by atoms with Crippen LogP contribution in [0.15, 0.2) is 71.7 Å². The number of hydrogen-bond acceptors (Lipinski definition) is 4. The van der Waals surface area contributed by atoms with Crippen molar-refractivity contribution in [3.63, 3.8) is 0 Å². The normalized spacial score (nSPS) is 16.8. The van der Waals surface area contributed by atoms with Crippen molar-refractivity contribution in [1.29, 1.82) is 0 Å². The molecule has 1 fully saturated rings. The number of allylic oxidation sites excluding steroid dienone is 2. The highest BCUT2D eigenvalue weighted by molar-refractivity contribution is 8.26.